The number of ether oxygens (including phenoxy) is 3. The summed E-state index contributed by atoms with van der Waals surface area (Å²) in [6.45, 7) is 4.03. The maximum Gasteiger partial charge on any atom is 0.321 e. The number of anilines is 2. The lowest BCUT2D eigenvalue weighted by Gasteiger charge is -2.38. The van der Waals surface area contributed by atoms with Gasteiger partial charge in [-0.15, -0.1) is 11.3 Å². The molecule has 2 aliphatic rings. The van der Waals surface area contributed by atoms with Gasteiger partial charge in [-0.25, -0.2) is 9.78 Å². The van der Waals surface area contributed by atoms with Crippen LogP contribution in [0.2, 0.25) is 0 Å². The molecule has 13 heteroatoms. The molecular weight excluding hydrogens is 598 g/mol. The van der Waals surface area contributed by atoms with Crippen LogP contribution in [0.4, 0.5) is 16.2 Å². The van der Waals surface area contributed by atoms with Crippen LogP contribution in [0.1, 0.15) is 34.0 Å². The molecule has 0 spiro atoms. The topological polar surface area (TPSA) is 143 Å². The first-order valence-corrected chi connectivity index (χ1v) is 15.3. The molecule has 1 aromatic heterocycles. The molecule has 0 unspecified atom stereocenters. The Labute approximate surface area is 263 Å². The number of carbonyl (C=O) groups excluding carboxylic acids is 3. The van der Waals surface area contributed by atoms with Crippen LogP contribution >= 0.6 is 11.3 Å². The summed E-state index contributed by atoms with van der Waals surface area (Å²) in [7, 11) is 1.65. The van der Waals surface area contributed by atoms with Crippen molar-refractivity contribution in [1.82, 2.24) is 14.8 Å². The van der Waals surface area contributed by atoms with Gasteiger partial charge in [0.2, 0.25) is 6.79 Å². The van der Waals surface area contributed by atoms with Crippen LogP contribution in [-0.2, 0) is 0 Å². The van der Waals surface area contributed by atoms with Crippen molar-refractivity contribution in [1.29, 1.82) is 0 Å². The number of aromatic nitrogens is 1. The minimum absolute atomic E-state index is 0.127. The van der Waals surface area contributed by atoms with Crippen molar-refractivity contribution in [3.05, 3.63) is 71.2 Å². The second-order valence-corrected chi connectivity index (χ2v) is 12.2. The molecule has 3 atom stereocenters. The van der Waals surface area contributed by atoms with Crippen molar-refractivity contribution >= 4 is 50.8 Å². The Kier molecular flexibility index (Phi) is 8.46. The smallest absolute Gasteiger partial charge is 0.321 e. The molecule has 0 saturated heterocycles. The van der Waals surface area contributed by atoms with Crippen LogP contribution < -0.4 is 24.8 Å². The van der Waals surface area contributed by atoms with Gasteiger partial charge in [-0.05, 0) is 43.3 Å². The van der Waals surface area contributed by atoms with Crippen LogP contribution in [0.25, 0.3) is 10.2 Å². The number of aliphatic hydroxyl groups excluding tert-OH is 1. The van der Waals surface area contributed by atoms with Gasteiger partial charge in [-0.2, -0.15) is 0 Å². The lowest BCUT2D eigenvalue weighted by Crippen LogP contribution is -2.50. The number of hydrogen-bond donors (Lipinski definition) is 3. The third kappa shape index (κ3) is 6.22. The fraction of sp³-hybridized carbons (Fsp3) is 0.312. The molecule has 4 amide bonds. The number of amides is 4. The van der Waals surface area contributed by atoms with Gasteiger partial charge >= 0.3 is 6.03 Å². The van der Waals surface area contributed by atoms with Crippen LogP contribution in [0.15, 0.2) is 60.7 Å². The van der Waals surface area contributed by atoms with Crippen molar-refractivity contribution in [3.63, 3.8) is 0 Å². The first kappa shape index (κ1) is 30.2. The maximum atomic E-state index is 13.8. The Bertz CT molecular complexity index is 1730. The number of rotatable bonds is 7. The van der Waals surface area contributed by atoms with Crippen molar-refractivity contribution < 1.29 is 33.7 Å². The Morgan fingerprint density at radius 3 is 2.71 bits per heavy atom. The van der Waals surface area contributed by atoms with Crippen LogP contribution in [0, 0.1) is 5.92 Å². The number of para-hydroxylation sites is 2. The molecule has 12 nitrogen and oxygen atoms in total. The SMILES string of the molecule is C[C@H]1CN([C@@H](C)CO)C(=O)c2cccc(NC(=O)c3nc4ccccc4s3)c2O[C@@H]1CN(C)C(=O)Nc1ccc2c(c1)OCO2. The van der Waals surface area contributed by atoms with E-state index in [1.807, 2.05) is 31.2 Å². The van der Waals surface area contributed by atoms with Crippen molar-refractivity contribution in [2.45, 2.75) is 26.0 Å². The second-order valence-electron chi connectivity index (χ2n) is 11.1. The molecule has 0 radical (unpaired) electrons. The predicted molar refractivity (Wildman–Crippen MR) is 169 cm³/mol. The number of nitrogens with one attached hydrogen (secondary N) is 2. The summed E-state index contributed by atoms with van der Waals surface area (Å²) in [5, 5.41) is 16.0. The fourth-order valence-corrected chi connectivity index (χ4v) is 6.11. The molecule has 45 heavy (non-hydrogen) atoms. The number of hydrogen-bond acceptors (Lipinski definition) is 9. The molecular formula is C32H33N5O7S. The molecule has 234 valence electrons. The minimum atomic E-state index is -0.585. The molecule has 6 rings (SSSR count). The zero-order valence-electron chi connectivity index (χ0n) is 25.0. The highest BCUT2D eigenvalue weighted by Gasteiger charge is 2.35. The summed E-state index contributed by atoms with van der Waals surface area (Å²) in [4.78, 5) is 47.9. The van der Waals surface area contributed by atoms with E-state index in [9.17, 15) is 19.5 Å². The number of nitrogens with zero attached hydrogens (tertiary/aromatic N) is 3. The van der Waals surface area contributed by atoms with Gasteiger partial charge < -0.3 is 39.8 Å². The third-order valence-corrected chi connectivity index (χ3v) is 8.89. The van der Waals surface area contributed by atoms with Crippen LogP contribution in [-0.4, -0.2) is 83.4 Å². The van der Waals surface area contributed by atoms with Gasteiger partial charge in [0.1, 0.15) is 6.10 Å². The summed E-state index contributed by atoms with van der Waals surface area (Å²) in [6, 6.07) is 16.7. The highest BCUT2D eigenvalue weighted by atomic mass is 32.1. The average Bonchev–Trinajstić information content (AvgIpc) is 3.69. The normalized spacial score (nSPS) is 18.0. The van der Waals surface area contributed by atoms with Gasteiger partial charge in [-0.3, -0.25) is 9.59 Å². The molecule has 0 aliphatic carbocycles. The standard InChI is InChI=1S/C32H33N5O7S/c1-18-14-37(19(2)16-38)31(40)21-7-6-9-23(34-29(39)30-35-22-8-4-5-10-27(22)45-30)28(21)44-26(18)15-36(3)32(41)33-20-11-12-24-25(13-20)43-17-42-24/h4-13,18-19,26,38H,14-17H2,1-3H3,(H,33,41)(H,34,39)/t18-,19-,26+/m0/s1. The van der Waals surface area contributed by atoms with Crippen molar-refractivity contribution in [3.8, 4) is 17.2 Å². The number of thiazole rings is 1. The van der Waals surface area contributed by atoms with E-state index in [0.29, 0.717) is 28.4 Å². The number of fused-ring (bicyclic) bond motifs is 3. The first-order chi connectivity index (χ1) is 21.7. The lowest BCUT2D eigenvalue weighted by molar-refractivity contribution is 0.0372. The zero-order chi connectivity index (χ0) is 31.7. The van der Waals surface area contributed by atoms with E-state index >= 15 is 0 Å². The molecule has 3 aromatic carbocycles. The van der Waals surface area contributed by atoms with Gasteiger partial charge in [0.05, 0.1) is 40.7 Å². The second kappa shape index (κ2) is 12.6. The van der Waals surface area contributed by atoms with Crippen LogP contribution in [0.5, 0.6) is 17.2 Å². The molecule has 3 N–H and O–H groups in total. The number of aliphatic hydroxyl groups is 1. The molecule has 4 aromatic rings. The average molecular weight is 632 g/mol. The van der Waals surface area contributed by atoms with Crippen molar-refractivity contribution in [2.75, 3.05) is 44.2 Å². The highest BCUT2D eigenvalue weighted by molar-refractivity contribution is 7.20. The van der Waals surface area contributed by atoms with E-state index in [-0.39, 0.29) is 60.7 Å². The van der Waals surface area contributed by atoms with E-state index in [0.717, 1.165) is 4.70 Å². The van der Waals surface area contributed by atoms with E-state index in [1.165, 1.54) is 16.2 Å². The van der Waals surface area contributed by atoms with Gasteiger partial charge in [0, 0.05) is 31.3 Å². The summed E-state index contributed by atoms with van der Waals surface area (Å²) < 4.78 is 18.2. The van der Waals surface area contributed by atoms with E-state index < -0.39 is 18.1 Å². The molecule has 3 heterocycles. The molecule has 2 aliphatic heterocycles. The summed E-state index contributed by atoms with van der Waals surface area (Å²) in [5.74, 6) is 0.319. The van der Waals surface area contributed by atoms with E-state index in [2.05, 4.69) is 15.6 Å². The van der Waals surface area contributed by atoms with Crippen LogP contribution in [0.3, 0.4) is 0 Å². The molecule has 0 saturated carbocycles. The summed E-state index contributed by atoms with van der Waals surface area (Å²) in [5.41, 5.74) is 1.79. The minimum Gasteiger partial charge on any atom is -0.485 e. The number of urea groups is 1. The monoisotopic (exact) mass is 631 g/mol. The highest BCUT2D eigenvalue weighted by Crippen LogP contribution is 2.36. The number of likely N-dealkylation sites (N-methyl/N-ethyl adjacent to an activating group) is 1. The Hall–Kier alpha value is -4.88. The largest absolute Gasteiger partial charge is 0.485 e. The maximum absolute atomic E-state index is 13.8. The van der Waals surface area contributed by atoms with E-state index in [1.54, 1.807) is 55.3 Å². The predicted octanol–water partition coefficient (Wildman–Crippen LogP) is 4.66. The number of benzene rings is 3. The van der Waals surface area contributed by atoms with Gasteiger partial charge in [-0.1, -0.05) is 25.1 Å². The third-order valence-electron chi connectivity index (χ3n) is 7.85. The van der Waals surface area contributed by atoms with E-state index in [4.69, 9.17) is 14.2 Å². The van der Waals surface area contributed by atoms with Gasteiger partial charge in [0.25, 0.3) is 11.8 Å². The Morgan fingerprint density at radius 2 is 1.91 bits per heavy atom. The quantitative estimate of drug-likeness (QED) is 0.267. The van der Waals surface area contributed by atoms with Gasteiger partial charge in [0.15, 0.2) is 22.3 Å². The number of carbonyl (C=O) groups is 3. The Balaban J connectivity index is 1.27. The zero-order valence-corrected chi connectivity index (χ0v) is 25.8. The first-order valence-electron chi connectivity index (χ1n) is 14.5. The summed E-state index contributed by atoms with van der Waals surface area (Å²) >= 11 is 1.26. The molecule has 0 fully saturated rings. The fourth-order valence-electron chi connectivity index (χ4n) is 5.25. The molecule has 0 bridgehead atoms. The van der Waals surface area contributed by atoms with Crippen molar-refractivity contribution in [2.24, 2.45) is 5.92 Å². The lowest BCUT2D eigenvalue weighted by atomic mass is 9.99. The Morgan fingerprint density at radius 1 is 1.11 bits per heavy atom. The summed E-state index contributed by atoms with van der Waals surface area (Å²) in [6.07, 6.45) is -0.585.